The minimum absolute atomic E-state index is 0.0541. The van der Waals surface area contributed by atoms with Crippen LogP contribution in [0.4, 0.5) is 18.9 Å². The van der Waals surface area contributed by atoms with E-state index in [1.807, 2.05) is 36.4 Å². The summed E-state index contributed by atoms with van der Waals surface area (Å²) in [4.78, 5) is 20.0. The number of carboxylic acid groups (broad SMARTS) is 1. The molecule has 8 heteroatoms. The van der Waals surface area contributed by atoms with Crippen molar-refractivity contribution in [1.82, 2.24) is 0 Å². The molecule has 1 aliphatic rings. The first-order valence-electron chi connectivity index (χ1n) is 11.8. The molecular formula is C27H34F3NO4. The maximum absolute atomic E-state index is 11.1. The lowest BCUT2D eigenvalue weighted by atomic mass is 9.72. The maximum atomic E-state index is 11.1. The van der Waals surface area contributed by atoms with Crippen molar-refractivity contribution in [2.24, 2.45) is 11.3 Å². The van der Waals surface area contributed by atoms with E-state index in [0.29, 0.717) is 5.41 Å². The van der Waals surface area contributed by atoms with E-state index in [2.05, 4.69) is 31.3 Å². The molecule has 192 valence electrons. The second-order valence-electron chi connectivity index (χ2n) is 9.68. The summed E-state index contributed by atoms with van der Waals surface area (Å²) in [6, 6.07) is 16.2. The quantitative estimate of drug-likeness (QED) is 0.396. The number of halogens is 3. The van der Waals surface area contributed by atoms with Gasteiger partial charge in [-0.15, -0.1) is 0 Å². The third kappa shape index (κ3) is 10.4. The summed E-state index contributed by atoms with van der Waals surface area (Å²) in [6.45, 7) is 7.11. The largest absolute Gasteiger partial charge is 0.494 e. The Morgan fingerprint density at radius 1 is 1.00 bits per heavy atom. The van der Waals surface area contributed by atoms with E-state index in [9.17, 15) is 18.0 Å². The SMILES string of the molecule is CC(=O)Nc1ccc(-c2ccc(OCCCC3CCC(C)(C)CC3)cc2)cc1.O=C(O)C(F)(F)F. The molecule has 0 bridgehead atoms. The first-order valence-corrected chi connectivity index (χ1v) is 11.8. The number of ether oxygens (including phenoxy) is 1. The minimum Gasteiger partial charge on any atom is -0.494 e. The van der Waals surface area contributed by atoms with Crippen molar-refractivity contribution >= 4 is 17.6 Å². The Bertz CT molecular complexity index is 944. The summed E-state index contributed by atoms with van der Waals surface area (Å²) in [5, 5.41) is 9.91. The highest BCUT2D eigenvalue weighted by atomic mass is 19.4. The Hall–Kier alpha value is -3.03. The minimum atomic E-state index is -5.08. The van der Waals surface area contributed by atoms with Gasteiger partial charge in [0.15, 0.2) is 0 Å². The van der Waals surface area contributed by atoms with Gasteiger partial charge in [-0.3, -0.25) is 4.79 Å². The van der Waals surface area contributed by atoms with Crippen molar-refractivity contribution in [3.05, 3.63) is 48.5 Å². The normalized spacial score (nSPS) is 15.5. The summed E-state index contributed by atoms with van der Waals surface area (Å²) >= 11 is 0. The molecule has 0 atom stereocenters. The number of hydrogen-bond acceptors (Lipinski definition) is 3. The fraction of sp³-hybridized carbons (Fsp3) is 0.481. The van der Waals surface area contributed by atoms with E-state index in [-0.39, 0.29) is 5.91 Å². The second kappa shape index (κ2) is 12.6. The Kier molecular flexibility index (Phi) is 10.2. The van der Waals surface area contributed by atoms with Crippen molar-refractivity contribution in [3.8, 4) is 16.9 Å². The van der Waals surface area contributed by atoms with Gasteiger partial charge in [0.25, 0.3) is 0 Å². The van der Waals surface area contributed by atoms with E-state index < -0.39 is 12.1 Å². The molecule has 1 amide bonds. The van der Waals surface area contributed by atoms with Crippen LogP contribution in [0.5, 0.6) is 5.75 Å². The number of carbonyl (C=O) groups is 2. The summed E-state index contributed by atoms with van der Waals surface area (Å²) in [5.74, 6) is -0.989. The molecule has 0 spiro atoms. The van der Waals surface area contributed by atoms with Crippen molar-refractivity contribution in [1.29, 1.82) is 0 Å². The van der Waals surface area contributed by atoms with Gasteiger partial charge >= 0.3 is 12.1 Å². The number of carbonyl (C=O) groups excluding carboxylic acids is 1. The lowest BCUT2D eigenvalue weighted by Crippen LogP contribution is -2.21. The first kappa shape index (κ1) is 28.2. The van der Waals surface area contributed by atoms with Crippen LogP contribution in [-0.2, 0) is 9.59 Å². The van der Waals surface area contributed by atoms with Crippen LogP contribution in [0.3, 0.4) is 0 Å². The molecule has 5 nitrogen and oxygen atoms in total. The molecule has 35 heavy (non-hydrogen) atoms. The second-order valence-corrected chi connectivity index (χ2v) is 9.68. The molecule has 1 saturated carbocycles. The van der Waals surface area contributed by atoms with Gasteiger partial charge in [0.1, 0.15) is 5.75 Å². The number of aliphatic carboxylic acids is 1. The van der Waals surface area contributed by atoms with Gasteiger partial charge in [-0.05, 0) is 85.3 Å². The fourth-order valence-electron chi connectivity index (χ4n) is 4.00. The molecule has 0 aromatic heterocycles. The van der Waals surface area contributed by atoms with Crippen LogP contribution in [0.2, 0.25) is 0 Å². The summed E-state index contributed by atoms with van der Waals surface area (Å²) in [6.07, 6.45) is 2.83. The number of alkyl halides is 3. The standard InChI is InChI=1S/C25H33NO2.C2HF3O2/c1-19(27)26-23-10-6-21(7-11-23)22-8-12-24(13-9-22)28-18-4-5-20-14-16-25(2,3)17-15-20;3-2(4,5)1(6)7/h6-13,20H,4-5,14-18H2,1-3H3,(H,26,27);(H,6,7). The first-order chi connectivity index (χ1) is 16.4. The number of amides is 1. The predicted molar refractivity (Wildman–Crippen MR) is 130 cm³/mol. The van der Waals surface area contributed by atoms with Crippen LogP contribution >= 0.6 is 0 Å². The summed E-state index contributed by atoms with van der Waals surface area (Å²) in [7, 11) is 0. The average molecular weight is 494 g/mol. The summed E-state index contributed by atoms with van der Waals surface area (Å²) < 4.78 is 37.7. The lowest BCUT2D eigenvalue weighted by molar-refractivity contribution is -0.192. The summed E-state index contributed by atoms with van der Waals surface area (Å²) in [5.41, 5.74) is 3.64. The Morgan fingerprint density at radius 3 is 1.94 bits per heavy atom. The van der Waals surface area contributed by atoms with Gasteiger partial charge in [-0.25, -0.2) is 4.79 Å². The highest BCUT2D eigenvalue weighted by Crippen LogP contribution is 2.39. The predicted octanol–water partition coefficient (Wildman–Crippen LogP) is 7.32. The van der Waals surface area contributed by atoms with E-state index in [1.54, 1.807) is 0 Å². The number of hydrogen-bond donors (Lipinski definition) is 2. The Morgan fingerprint density at radius 2 is 1.49 bits per heavy atom. The molecule has 0 saturated heterocycles. The van der Waals surface area contributed by atoms with Gasteiger partial charge in [0.2, 0.25) is 5.91 Å². The fourth-order valence-corrected chi connectivity index (χ4v) is 4.00. The van der Waals surface area contributed by atoms with Crippen LogP contribution < -0.4 is 10.1 Å². The number of rotatable bonds is 7. The molecular weight excluding hydrogens is 459 g/mol. The van der Waals surface area contributed by atoms with Crippen LogP contribution in [0.1, 0.15) is 59.3 Å². The Labute approximate surface area is 204 Å². The topological polar surface area (TPSA) is 75.6 Å². The zero-order valence-electron chi connectivity index (χ0n) is 20.5. The molecule has 2 N–H and O–H groups in total. The molecule has 1 aliphatic carbocycles. The van der Waals surface area contributed by atoms with E-state index >= 15 is 0 Å². The number of carboxylic acids is 1. The van der Waals surface area contributed by atoms with Crippen molar-refractivity contribution in [3.63, 3.8) is 0 Å². The third-order valence-corrected chi connectivity index (χ3v) is 6.12. The smallest absolute Gasteiger partial charge is 0.490 e. The maximum Gasteiger partial charge on any atom is 0.490 e. The average Bonchev–Trinajstić information content (AvgIpc) is 2.78. The molecule has 1 fully saturated rings. The van der Waals surface area contributed by atoms with E-state index in [0.717, 1.165) is 41.5 Å². The van der Waals surface area contributed by atoms with Gasteiger partial charge in [0.05, 0.1) is 6.61 Å². The molecule has 0 heterocycles. The van der Waals surface area contributed by atoms with E-state index in [4.69, 9.17) is 14.6 Å². The van der Waals surface area contributed by atoms with E-state index in [1.165, 1.54) is 39.0 Å². The zero-order valence-corrected chi connectivity index (χ0v) is 20.5. The van der Waals surface area contributed by atoms with Crippen molar-refractivity contribution < 1.29 is 32.6 Å². The lowest BCUT2D eigenvalue weighted by Gasteiger charge is -2.34. The Balaban J connectivity index is 0.000000540. The van der Waals surface area contributed by atoms with Gasteiger partial charge < -0.3 is 15.2 Å². The highest BCUT2D eigenvalue weighted by molar-refractivity contribution is 5.89. The van der Waals surface area contributed by atoms with Crippen molar-refractivity contribution in [2.75, 3.05) is 11.9 Å². The molecule has 2 aromatic carbocycles. The monoisotopic (exact) mass is 493 g/mol. The molecule has 0 aliphatic heterocycles. The number of benzene rings is 2. The van der Waals surface area contributed by atoms with Crippen molar-refractivity contribution in [2.45, 2.75) is 65.5 Å². The molecule has 0 unspecified atom stereocenters. The number of nitrogens with one attached hydrogen (secondary N) is 1. The molecule has 3 rings (SSSR count). The van der Waals surface area contributed by atoms with Crippen LogP contribution in [0, 0.1) is 11.3 Å². The van der Waals surface area contributed by atoms with Crippen LogP contribution in [0.25, 0.3) is 11.1 Å². The zero-order chi connectivity index (χ0) is 26.1. The van der Waals surface area contributed by atoms with Gasteiger partial charge in [-0.1, -0.05) is 38.1 Å². The van der Waals surface area contributed by atoms with Crippen LogP contribution in [-0.4, -0.2) is 29.8 Å². The van der Waals surface area contributed by atoms with Crippen LogP contribution in [0.15, 0.2) is 48.5 Å². The van der Waals surface area contributed by atoms with Gasteiger partial charge in [0, 0.05) is 12.6 Å². The number of anilines is 1. The van der Waals surface area contributed by atoms with Gasteiger partial charge in [-0.2, -0.15) is 13.2 Å². The molecule has 2 aromatic rings. The highest BCUT2D eigenvalue weighted by Gasteiger charge is 2.38. The third-order valence-electron chi connectivity index (χ3n) is 6.12. The molecule has 0 radical (unpaired) electrons.